The van der Waals surface area contributed by atoms with Crippen LogP contribution in [0.4, 0.5) is 0 Å². The summed E-state index contributed by atoms with van der Waals surface area (Å²) in [7, 11) is 0. The molecule has 4 heteroatoms. The minimum absolute atomic E-state index is 0.0366. The summed E-state index contributed by atoms with van der Waals surface area (Å²) in [6.07, 6.45) is 0.708. The van der Waals surface area contributed by atoms with Crippen molar-refractivity contribution in [1.82, 2.24) is 9.97 Å². The fraction of sp³-hybridized carbons (Fsp3) is 0.375. The highest BCUT2D eigenvalue weighted by Gasteiger charge is 2.22. The van der Waals surface area contributed by atoms with E-state index in [9.17, 15) is 0 Å². The molecule has 2 rings (SSSR count). The van der Waals surface area contributed by atoms with Crippen LogP contribution in [0.1, 0.15) is 43.4 Å². The Morgan fingerprint density at radius 2 is 1.70 bits per heavy atom. The minimum Gasteiger partial charge on any atom is -0.236 e. The number of hydrogen-bond acceptors (Lipinski definition) is 2. The summed E-state index contributed by atoms with van der Waals surface area (Å²) < 4.78 is 0.949. The average molecular weight is 401 g/mol. The number of rotatable bonds is 2. The predicted octanol–water partition coefficient (Wildman–Crippen LogP) is 4.93. The topological polar surface area (TPSA) is 25.8 Å². The maximum Gasteiger partial charge on any atom is 0.146 e. The van der Waals surface area contributed by atoms with Crippen molar-refractivity contribution in [2.24, 2.45) is 0 Å². The first-order chi connectivity index (χ1) is 9.27. The van der Waals surface area contributed by atoms with Crippen molar-refractivity contribution in [1.29, 1.82) is 0 Å². The maximum absolute atomic E-state index is 6.26. The first-order valence-electron chi connectivity index (χ1n) is 6.55. The van der Waals surface area contributed by atoms with Gasteiger partial charge >= 0.3 is 0 Å². The van der Waals surface area contributed by atoms with Crippen LogP contribution in [0.15, 0.2) is 24.3 Å². The molecule has 2 aromatic rings. The molecule has 0 unspecified atom stereocenters. The van der Waals surface area contributed by atoms with Crippen molar-refractivity contribution in [3.63, 3.8) is 0 Å². The van der Waals surface area contributed by atoms with E-state index in [1.54, 1.807) is 0 Å². The van der Waals surface area contributed by atoms with Crippen LogP contribution in [0.5, 0.6) is 0 Å². The lowest BCUT2D eigenvalue weighted by atomic mass is 9.92. The van der Waals surface area contributed by atoms with Gasteiger partial charge in [-0.2, -0.15) is 0 Å². The van der Waals surface area contributed by atoms with E-state index in [4.69, 9.17) is 16.6 Å². The number of halogens is 2. The van der Waals surface area contributed by atoms with Gasteiger partial charge in [0.15, 0.2) is 0 Å². The molecule has 1 aromatic carbocycles. The van der Waals surface area contributed by atoms with Gasteiger partial charge in [0, 0.05) is 11.8 Å². The van der Waals surface area contributed by atoms with E-state index < -0.39 is 0 Å². The summed E-state index contributed by atoms with van der Waals surface area (Å²) in [5.41, 5.74) is 3.43. The normalized spacial score (nSPS) is 11.7. The van der Waals surface area contributed by atoms with Gasteiger partial charge in [0.05, 0.1) is 9.26 Å². The Bertz CT molecular complexity index is 616. The summed E-state index contributed by atoms with van der Waals surface area (Å²) in [5, 5.41) is 0.549. The second-order valence-corrected chi connectivity index (χ2v) is 7.44. The molecule has 0 N–H and O–H groups in total. The molecule has 0 radical (unpaired) electrons. The largest absolute Gasteiger partial charge is 0.236 e. The molecule has 0 spiro atoms. The van der Waals surface area contributed by atoms with Gasteiger partial charge in [-0.25, -0.2) is 9.97 Å². The molecule has 0 saturated carbocycles. The van der Waals surface area contributed by atoms with E-state index >= 15 is 0 Å². The molecule has 0 saturated heterocycles. The van der Waals surface area contributed by atoms with Crippen molar-refractivity contribution in [2.45, 2.75) is 39.5 Å². The molecule has 0 aliphatic carbocycles. The van der Waals surface area contributed by atoms with E-state index in [2.05, 4.69) is 79.5 Å². The van der Waals surface area contributed by atoms with Gasteiger partial charge in [0.25, 0.3) is 0 Å². The first kappa shape index (κ1) is 15.7. The second kappa shape index (κ2) is 5.98. The third-order valence-electron chi connectivity index (χ3n) is 3.05. The molecule has 0 bridgehead atoms. The molecule has 0 atom stereocenters. The van der Waals surface area contributed by atoms with Crippen LogP contribution in [0.25, 0.3) is 0 Å². The average Bonchev–Trinajstić information content (AvgIpc) is 2.35. The Labute approximate surface area is 139 Å². The predicted molar refractivity (Wildman–Crippen MR) is 92.4 cm³/mol. The fourth-order valence-corrected chi connectivity index (χ4v) is 3.17. The van der Waals surface area contributed by atoms with Crippen molar-refractivity contribution in [3.8, 4) is 0 Å². The smallest absolute Gasteiger partial charge is 0.146 e. The van der Waals surface area contributed by atoms with Gasteiger partial charge in [-0.3, -0.25) is 0 Å². The molecule has 0 aliphatic rings. The van der Waals surface area contributed by atoms with E-state index in [0.717, 1.165) is 15.1 Å². The SMILES string of the molecule is Cc1ccc(Cc2nc(Cl)c(I)c(C(C)(C)C)n2)cc1. The highest BCUT2D eigenvalue weighted by atomic mass is 127. The van der Waals surface area contributed by atoms with Crippen molar-refractivity contribution < 1.29 is 0 Å². The molecule has 1 heterocycles. The van der Waals surface area contributed by atoms with Gasteiger partial charge in [-0.1, -0.05) is 62.2 Å². The number of benzene rings is 1. The Morgan fingerprint density at radius 1 is 1.10 bits per heavy atom. The van der Waals surface area contributed by atoms with Gasteiger partial charge in [0.1, 0.15) is 11.0 Å². The molecule has 0 fully saturated rings. The van der Waals surface area contributed by atoms with E-state index in [-0.39, 0.29) is 5.41 Å². The van der Waals surface area contributed by atoms with Crippen molar-refractivity contribution in [2.75, 3.05) is 0 Å². The van der Waals surface area contributed by atoms with Crippen LogP contribution in [0.3, 0.4) is 0 Å². The minimum atomic E-state index is -0.0366. The van der Waals surface area contributed by atoms with Crippen LogP contribution in [0.2, 0.25) is 5.15 Å². The lowest BCUT2D eigenvalue weighted by Crippen LogP contribution is -2.18. The summed E-state index contributed by atoms with van der Waals surface area (Å²) in [4.78, 5) is 9.13. The molecular weight excluding hydrogens is 383 g/mol. The monoisotopic (exact) mass is 400 g/mol. The molecule has 20 heavy (non-hydrogen) atoms. The van der Waals surface area contributed by atoms with Crippen LogP contribution >= 0.6 is 34.2 Å². The first-order valence-corrected chi connectivity index (χ1v) is 8.01. The Hall–Kier alpha value is -0.680. The van der Waals surface area contributed by atoms with E-state index in [1.165, 1.54) is 11.1 Å². The number of aryl methyl sites for hydroxylation is 1. The van der Waals surface area contributed by atoms with Crippen LogP contribution in [0, 0.1) is 10.5 Å². The standard InChI is InChI=1S/C16H18ClIN2/c1-10-5-7-11(8-6-10)9-12-19-14(16(2,3)4)13(18)15(17)20-12/h5-8H,9H2,1-4H3. The third-order valence-corrected chi connectivity index (χ3v) is 4.66. The molecule has 1 aromatic heterocycles. The summed E-state index contributed by atoms with van der Waals surface area (Å²) in [6.45, 7) is 8.51. The van der Waals surface area contributed by atoms with Gasteiger partial charge in [-0.15, -0.1) is 0 Å². The van der Waals surface area contributed by atoms with Gasteiger partial charge < -0.3 is 0 Å². The molecule has 106 valence electrons. The lowest BCUT2D eigenvalue weighted by Gasteiger charge is -2.20. The van der Waals surface area contributed by atoms with Gasteiger partial charge in [0.2, 0.25) is 0 Å². The van der Waals surface area contributed by atoms with Crippen LogP contribution < -0.4 is 0 Å². The number of aromatic nitrogens is 2. The third kappa shape index (κ3) is 3.70. The summed E-state index contributed by atoms with van der Waals surface area (Å²) in [6, 6.07) is 8.44. The van der Waals surface area contributed by atoms with Crippen molar-refractivity contribution in [3.05, 3.63) is 55.6 Å². The molecule has 0 aliphatic heterocycles. The quantitative estimate of drug-likeness (QED) is 0.527. The highest BCUT2D eigenvalue weighted by molar-refractivity contribution is 14.1. The van der Waals surface area contributed by atoms with Crippen molar-refractivity contribution >= 4 is 34.2 Å². The zero-order chi connectivity index (χ0) is 14.9. The van der Waals surface area contributed by atoms with Crippen LogP contribution in [-0.4, -0.2) is 9.97 Å². The highest BCUT2D eigenvalue weighted by Crippen LogP contribution is 2.29. The van der Waals surface area contributed by atoms with Gasteiger partial charge in [-0.05, 0) is 35.1 Å². The van der Waals surface area contributed by atoms with Crippen LogP contribution in [-0.2, 0) is 11.8 Å². The van der Waals surface area contributed by atoms with E-state index in [0.29, 0.717) is 11.6 Å². The molecular formula is C16H18ClIN2. The summed E-state index contributed by atoms with van der Waals surface area (Å²) in [5.74, 6) is 0.782. The lowest BCUT2D eigenvalue weighted by molar-refractivity contribution is 0.558. The molecule has 2 nitrogen and oxygen atoms in total. The van der Waals surface area contributed by atoms with E-state index in [1.807, 2.05) is 0 Å². The fourth-order valence-electron chi connectivity index (χ4n) is 1.93. The Morgan fingerprint density at radius 3 is 2.25 bits per heavy atom. The summed E-state index contributed by atoms with van der Waals surface area (Å²) >= 11 is 8.48. The molecule has 0 amide bonds. The Balaban J connectivity index is 2.38. The zero-order valence-electron chi connectivity index (χ0n) is 12.2. The number of nitrogens with zero attached hydrogens (tertiary/aromatic N) is 2. The Kier molecular flexibility index (Phi) is 4.69. The zero-order valence-corrected chi connectivity index (χ0v) is 15.1. The second-order valence-electron chi connectivity index (χ2n) is 6.01. The number of hydrogen-bond donors (Lipinski definition) is 0. The maximum atomic E-state index is 6.26.